The molecule has 0 fully saturated rings. The maximum atomic E-state index is 10.9. The van der Waals surface area contributed by atoms with E-state index >= 15 is 0 Å². The van der Waals surface area contributed by atoms with Gasteiger partial charge < -0.3 is 19.8 Å². The van der Waals surface area contributed by atoms with E-state index < -0.39 is 0 Å². The van der Waals surface area contributed by atoms with E-state index in [0.29, 0.717) is 36.0 Å². The Hall–Kier alpha value is -3.11. The summed E-state index contributed by atoms with van der Waals surface area (Å²) in [5.41, 5.74) is 3.66. The number of carbonyl (C=O) groups is 1. The third kappa shape index (κ3) is 7.54. The molecular weight excluding hydrogens is 436 g/mol. The molecule has 3 rings (SSSR count). The molecule has 0 spiro atoms. The van der Waals surface area contributed by atoms with Crippen LogP contribution in [0.3, 0.4) is 0 Å². The topological polar surface area (TPSA) is 134 Å². The van der Waals surface area contributed by atoms with Gasteiger partial charge in [-0.15, -0.1) is 12.4 Å². The van der Waals surface area contributed by atoms with E-state index in [2.05, 4.69) is 25.3 Å². The predicted octanol–water partition coefficient (Wildman–Crippen LogP) is 4.14. The van der Waals surface area contributed by atoms with Gasteiger partial charge in [0.25, 0.3) is 0 Å². The lowest BCUT2D eigenvalue weighted by Crippen LogP contribution is -2.17. The lowest BCUT2D eigenvalue weighted by Gasteiger charge is -2.11. The lowest BCUT2D eigenvalue weighted by atomic mass is 10.1. The van der Waals surface area contributed by atoms with Crippen LogP contribution in [-0.2, 0) is 4.79 Å². The summed E-state index contributed by atoms with van der Waals surface area (Å²) in [6, 6.07) is 7.55. The van der Waals surface area contributed by atoms with Gasteiger partial charge in [0.2, 0.25) is 17.7 Å². The van der Waals surface area contributed by atoms with Gasteiger partial charge in [-0.25, -0.2) is 10.5 Å². The first kappa shape index (κ1) is 25.2. The Bertz CT molecular complexity index is 980. The molecule has 0 bridgehead atoms. The van der Waals surface area contributed by atoms with Crippen molar-refractivity contribution in [3.63, 3.8) is 0 Å². The van der Waals surface area contributed by atoms with Crippen molar-refractivity contribution >= 4 is 41.1 Å². The smallest absolute Gasteiger partial charge is 0.245 e. The molecule has 0 radical (unpaired) electrons. The summed E-state index contributed by atoms with van der Waals surface area (Å²) in [7, 11) is 0. The second kappa shape index (κ2) is 12.7. The van der Waals surface area contributed by atoms with Gasteiger partial charge in [-0.1, -0.05) is 12.8 Å². The molecule has 0 aliphatic carbocycles. The monoisotopic (exact) mass is 464 g/mol. The van der Waals surface area contributed by atoms with E-state index in [4.69, 9.17) is 14.7 Å². The van der Waals surface area contributed by atoms with Gasteiger partial charge in [0.1, 0.15) is 11.3 Å². The van der Waals surface area contributed by atoms with E-state index in [1.54, 1.807) is 11.8 Å². The Morgan fingerprint density at radius 1 is 1.12 bits per heavy atom. The Morgan fingerprint density at radius 2 is 1.88 bits per heavy atom. The molecule has 1 amide bonds. The standard InChI is InChI=1S/C21H28N6O4.ClH/c1-14(2)31-20-18-19(23-13-22-18)25-21(26-20)24-15-8-10-16(11-9-15)30-12-6-4-3-5-7-17(28)27-29;/h8-11,13-14,29H,3-7,12H2,1-2H3,(H,27,28)(H2,22,23,24,25,26);1H. The van der Waals surface area contributed by atoms with Crippen molar-refractivity contribution in [2.24, 2.45) is 0 Å². The van der Waals surface area contributed by atoms with Crippen LogP contribution in [0.4, 0.5) is 11.6 Å². The van der Waals surface area contributed by atoms with Gasteiger partial charge in [-0.3, -0.25) is 10.0 Å². The Labute approximate surface area is 192 Å². The number of amides is 1. The average Bonchev–Trinajstić information content (AvgIpc) is 3.22. The number of benzene rings is 1. The molecule has 0 atom stereocenters. The molecule has 10 nitrogen and oxygen atoms in total. The highest BCUT2D eigenvalue weighted by Crippen LogP contribution is 2.24. The molecule has 0 saturated carbocycles. The number of hydroxylamine groups is 1. The molecule has 0 saturated heterocycles. The van der Waals surface area contributed by atoms with E-state index in [0.717, 1.165) is 37.1 Å². The number of carbonyl (C=O) groups excluding carboxylic acids is 1. The van der Waals surface area contributed by atoms with Crippen LogP contribution in [0.1, 0.15) is 46.0 Å². The zero-order chi connectivity index (χ0) is 22.1. The number of nitrogens with zero attached hydrogens (tertiary/aromatic N) is 3. The number of ether oxygens (including phenoxy) is 2. The second-order valence-electron chi connectivity index (χ2n) is 7.32. The molecule has 1 aromatic carbocycles. The van der Waals surface area contributed by atoms with Crippen molar-refractivity contribution < 1.29 is 19.5 Å². The first-order valence-corrected chi connectivity index (χ1v) is 10.4. The fourth-order valence-electron chi connectivity index (χ4n) is 2.92. The number of hydrogen-bond donors (Lipinski definition) is 4. The number of H-pyrrole nitrogens is 1. The largest absolute Gasteiger partial charge is 0.494 e. The van der Waals surface area contributed by atoms with Crippen molar-refractivity contribution in [1.29, 1.82) is 0 Å². The van der Waals surface area contributed by atoms with Gasteiger partial charge >= 0.3 is 0 Å². The molecule has 11 heteroatoms. The SMILES string of the molecule is CC(C)Oc1nc(Nc2ccc(OCCCCCCC(=O)NO)cc2)nc2nc[nH]c12.Cl. The van der Waals surface area contributed by atoms with Crippen molar-refractivity contribution in [2.75, 3.05) is 11.9 Å². The van der Waals surface area contributed by atoms with Gasteiger partial charge in [-0.05, 0) is 51.0 Å². The Balaban J connectivity index is 0.00000363. The van der Waals surface area contributed by atoms with Crippen LogP contribution in [0.5, 0.6) is 11.6 Å². The molecule has 2 heterocycles. The summed E-state index contributed by atoms with van der Waals surface area (Å²) >= 11 is 0. The highest BCUT2D eigenvalue weighted by molar-refractivity contribution is 5.85. The molecule has 2 aromatic heterocycles. The summed E-state index contributed by atoms with van der Waals surface area (Å²) in [6.07, 6.45) is 5.42. The number of unbranched alkanes of at least 4 members (excludes halogenated alkanes) is 3. The van der Waals surface area contributed by atoms with Crippen LogP contribution >= 0.6 is 12.4 Å². The van der Waals surface area contributed by atoms with Crippen molar-refractivity contribution in [3.8, 4) is 11.6 Å². The first-order chi connectivity index (χ1) is 15.0. The molecule has 174 valence electrons. The number of hydrogen-bond acceptors (Lipinski definition) is 8. The second-order valence-corrected chi connectivity index (χ2v) is 7.32. The minimum Gasteiger partial charge on any atom is -0.494 e. The van der Waals surface area contributed by atoms with Crippen LogP contribution in [0.2, 0.25) is 0 Å². The quantitative estimate of drug-likeness (QED) is 0.178. The van der Waals surface area contributed by atoms with E-state index in [-0.39, 0.29) is 24.4 Å². The van der Waals surface area contributed by atoms with Gasteiger partial charge in [0.05, 0.1) is 19.0 Å². The van der Waals surface area contributed by atoms with Crippen LogP contribution < -0.4 is 20.3 Å². The minimum absolute atomic E-state index is 0. The number of fused-ring (bicyclic) bond motifs is 1. The highest BCUT2D eigenvalue weighted by atomic mass is 35.5. The molecule has 0 aliphatic heterocycles. The molecular formula is C21H29ClN6O4. The number of anilines is 2. The average molecular weight is 465 g/mol. The van der Waals surface area contributed by atoms with Gasteiger partial charge in [0.15, 0.2) is 5.65 Å². The van der Waals surface area contributed by atoms with Crippen LogP contribution in [0.25, 0.3) is 11.2 Å². The van der Waals surface area contributed by atoms with Crippen molar-refractivity contribution in [2.45, 2.75) is 52.1 Å². The summed E-state index contributed by atoms with van der Waals surface area (Å²) in [5.74, 6) is 1.29. The number of nitrogens with one attached hydrogen (secondary N) is 3. The highest BCUT2D eigenvalue weighted by Gasteiger charge is 2.12. The maximum Gasteiger partial charge on any atom is 0.245 e. The summed E-state index contributed by atoms with van der Waals surface area (Å²) in [6.45, 7) is 4.48. The fourth-order valence-corrected chi connectivity index (χ4v) is 2.92. The third-order valence-electron chi connectivity index (χ3n) is 4.40. The predicted molar refractivity (Wildman–Crippen MR) is 123 cm³/mol. The number of imidazole rings is 1. The number of rotatable bonds is 12. The third-order valence-corrected chi connectivity index (χ3v) is 4.40. The molecule has 32 heavy (non-hydrogen) atoms. The maximum absolute atomic E-state index is 10.9. The number of aromatic amines is 1. The van der Waals surface area contributed by atoms with Crippen molar-refractivity contribution in [3.05, 3.63) is 30.6 Å². The fraction of sp³-hybridized carbons (Fsp3) is 0.429. The minimum atomic E-state index is -0.344. The molecule has 4 N–H and O–H groups in total. The van der Waals surface area contributed by atoms with Gasteiger partial charge in [0, 0.05) is 12.1 Å². The van der Waals surface area contributed by atoms with E-state index in [9.17, 15) is 4.79 Å². The van der Waals surface area contributed by atoms with Gasteiger partial charge in [-0.2, -0.15) is 9.97 Å². The van der Waals surface area contributed by atoms with E-state index in [1.807, 2.05) is 38.1 Å². The van der Waals surface area contributed by atoms with E-state index in [1.165, 1.54) is 0 Å². The number of halogens is 1. The summed E-state index contributed by atoms with van der Waals surface area (Å²) in [5, 5.41) is 11.6. The molecule has 0 aliphatic rings. The lowest BCUT2D eigenvalue weighted by molar-refractivity contribution is -0.129. The normalized spacial score (nSPS) is 10.6. The van der Waals surface area contributed by atoms with Crippen molar-refractivity contribution in [1.82, 2.24) is 25.4 Å². The van der Waals surface area contributed by atoms with Crippen LogP contribution in [0, 0.1) is 0 Å². The van der Waals surface area contributed by atoms with Crippen LogP contribution in [0.15, 0.2) is 30.6 Å². The molecule has 3 aromatic rings. The first-order valence-electron chi connectivity index (χ1n) is 10.4. The zero-order valence-electron chi connectivity index (χ0n) is 18.1. The number of aromatic nitrogens is 4. The summed E-state index contributed by atoms with van der Waals surface area (Å²) in [4.78, 5) is 27.0. The van der Waals surface area contributed by atoms with Crippen LogP contribution in [-0.4, -0.2) is 43.8 Å². The summed E-state index contributed by atoms with van der Waals surface area (Å²) < 4.78 is 11.5. The molecule has 0 unspecified atom stereocenters. The Kier molecular flexibility index (Phi) is 9.96. The Morgan fingerprint density at radius 3 is 2.59 bits per heavy atom. The zero-order valence-corrected chi connectivity index (χ0v) is 18.9.